The minimum atomic E-state index is -0.285. The summed E-state index contributed by atoms with van der Waals surface area (Å²) >= 11 is 5.78. The van der Waals surface area contributed by atoms with Crippen LogP contribution in [0.5, 0.6) is 0 Å². The Morgan fingerprint density at radius 1 is 1.36 bits per heavy atom. The Hall–Kier alpha value is -0.570. The van der Waals surface area contributed by atoms with Gasteiger partial charge in [-0.3, -0.25) is 4.90 Å². The Morgan fingerprint density at radius 3 is 2.43 bits per heavy atom. The number of halogens is 1. The molecule has 1 atom stereocenters. The van der Waals surface area contributed by atoms with Gasteiger partial charge in [0.2, 0.25) is 0 Å². The summed E-state index contributed by atoms with van der Waals surface area (Å²) in [7, 11) is 1.99. The average molecular weight is 214 g/mol. The van der Waals surface area contributed by atoms with Gasteiger partial charge in [0.1, 0.15) is 0 Å². The zero-order valence-corrected chi connectivity index (χ0v) is 9.33. The molecule has 0 saturated heterocycles. The minimum Gasteiger partial charge on any atom is -0.392 e. The van der Waals surface area contributed by atoms with Gasteiger partial charge in [0.05, 0.1) is 6.10 Å². The Labute approximate surface area is 90.1 Å². The molecule has 0 bridgehead atoms. The molecule has 3 heteroatoms. The van der Waals surface area contributed by atoms with E-state index >= 15 is 0 Å². The Balaban J connectivity index is 2.47. The Morgan fingerprint density at radius 2 is 1.93 bits per heavy atom. The molecule has 0 heterocycles. The third-order valence-electron chi connectivity index (χ3n) is 1.94. The molecule has 0 saturated carbocycles. The molecule has 2 nitrogen and oxygen atoms in total. The number of aliphatic hydroxyl groups is 1. The van der Waals surface area contributed by atoms with Crippen molar-refractivity contribution < 1.29 is 5.11 Å². The molecule has 1 N–H and O–H groups in total. The van der Waals surface area contributed by atoms with Crippen LogP contribution in [0, 0.1) is 0 Å². The minimum absolute atomic E-state index is 0.285. The molecule has 1 unspecified atom stereocenters. The van der Waals surface area contributed by atoms with Crippen LogP contribution in [0.25, 0.3) is 0 Å². The van der Waals surface area contributed by atoms with E-state index in [1.165, 1.54) is 5.56 Å². The van der Waals surface area contributed by atoms with E-state index in [0.717, 1.165) is 11.6 Å². The molecule has 78 valence electrons. The van der Waals surface area contributed by atoms with E-state index in [1.54, 1.807) is 6.92 Å². The van der Waals surface area contributed by atoms with Gasteiger partial charge >= 0.3 is 0 Å². The van der Waals surface area contributed by atoms with Crippen LogP contribution < -0.4 is 0 Å². The van der Waals surface area contributed by atoms with Crippen LogP contribution in [-0.4, -0.2) is 29.7 Å². The van der Waals surface area contributed by atoms with Crippen molar-refractivity contribution in [2.75, 3.05) is 13.6 Å². The first-order chi connectivity index (χ1) is 6.58. The van der Waals surface area contributed by atoms with Gasteiger partial charge in [0.25, 0.3) is 0 Å². The molecule has 0 spiro atoms. The van der Waals surface area contributed by atoms with Gasteiger partial charge in [-0.05, 0) is 31.7 Å². The Bertz CT molecular complexity index is 271. The maximum absolute atomic E-state index is 9.18. The summed E-state index contributed by atoms with van der Waals surface area (Å²) in [5, 5.41) is 9.94. The molecule has 0 fully saturated rings. The van der Waals surface area contributed by atoms with Crippen molar-refractivity contribution in [2.45, 2.75) is 19.6 Å². The van der Waals surface area contributed by atoms with Crippen molar-refractivity contribution in [3.63, 3.8) is 0 Å². The predicted molar refractivity (Wildman–Crippen MR) is 59.5 cm³/mol. The number of benzene rings is 1. The van der Waals surface area contributed by atoms with Crippen molar-refractivity contribution in [3.05, 3.63) is 34.9 Å². The van der Waals surface area contributed by atoms with Crippen molar-refractivity contribution in [3.8, 4) is 0 Å². The van der Waals surface area contributed by atoms with E-state index in [1.807, 2.05) is 31.3 Å². The maximum atomic E-state index is 9.18. The summed E-state index contributed by atoms with van der Waals surface area (Å²) in [6.45, 7) is 3.31. The molecule has 1 aromatic carbocycles. The molecule has 0 amide bonds. The lowest BCUT2D eigenvalue weighted by Gasteiger charge is -2.18. The highest BCUT2D eigenvalue weighted by Crippen LogP contribution is 2.10. The normalized spacial score (nSPS) is 13.2. The summed E-state index contributed by atoms with van der Waals surface area (Å²) in [6, 6.07) is 7.77. The molecular formula is C11H16ClNO. The van der Waals surface area contributed by atoms with Crippen molar-refractivity contribution in [1.82, 2.24) is 4.90 Å². The van der Waals surface area contributed by atoms with Gasteiger partial charge in [-0.1, -0.05) is 23.7 Å². The quantitative estimate of drug-likeness (QED) is 0.829. The van der Waals surface area contributed by atoms with Crippen molar-refractivity contribution in [2.24, 2.45) is 0 Å². The van der Waals surface area contributed by atoms with Gasteiger partial charge in [-0.25, -0.2) is 0 Å². The van der Waals surface area contributed by atoms with Gasteiger partial charge in [0.15, 0.2) is 0 Å². The number of likely N-dealkylation sites (N-methyl/N-ethyl adjacent to an activating group) is 1. The monoisotopic (exact) mass is 213 g/mol. The van der Waals surface area contributed by atoms with E-state index in [2.05, 4.69) is 4.90 Å². The van der Waals surface area contributed by atoms with Gasteiger partial charge in [0, 0.05) is 18.1 Å². The number of hydrogen-bond donors (Lipinski definition) is 1. The third-order valence-corrected chi connectivity index (χ3v) is 2.19. The Kier molecular flexibility index (Phi) is 4.39. The van der Waals surface area contributed by atoms with Crippen LogP contribution in [0.4, 0.5) is 0 Å². The summed E-state index contributed by atoms with van der Waals surface area (Å²) in [4.78, 5) is 2.08. The maximum Gasteiger partial charge on any atom is 0.0639 e. The number of aliphatic hydroxyl groups excluding tert-OH is 1. The highest BCUT2D eigenvalue weighted by molar-refractivity contribution is 6.30. The van der Waals surface area contributed by atoms with Crippen molar-refractivity contribution in [1.29, 1.82) is 0 Å². The highest BCUT2D eigenvalue weighted by atomic mass is 35.5. The van der Waals surface area contributed by atoms with Crippen LogP contribution in [-0.2, 0) is 6.54 Å². The van der Waals surface area contributed by atoms with E-state index in [0.29, 0.717) is 6.54 Å². The number of hydrogen-bond acceptors (Lipinski definition) is 2. The molecule has 14 heavy (non-hydrogen) atoms. The predicted octanol–water partition coefficient (Wildman–Crippen LogP) is 2.15. The summed E-state index contributed by atoms with van der Waals surface area (Å²) < 4.78 is 0. The lowest BCUT2D eigenvalue weighted by atomic mass is 10.2. The highest BCUT2D eigenvalue weighted by Gasteiger charge is 2.03. The second-order valence-electron chi connectivity index (χ2n) is 3.67. The lowest BCUT2D eigenvalue weighted by molar-refractivity contribution is 0.138. The fraction of sp³-hybridized carbons (Fsp3) is 0.455. The molecule has 1 rings (SSSR count). The zero-order chi connectivity index (χ0) is 10.6. The van der Waals surface area contributed by atoms with E-state index in [-0.39, 0.29) is 6.10 Å². The third kappa shape index (κ3) is 4.09. The van der Waals surface area contributed by atoms with E-state index in [4.69, 9.17) is 11.6 Å². The topological polar surface area (TPSA) is 23.5 Å². The first-order valence-electron chi connectivity index (χ1n) is 4.69. The SMILES string of the molecule is CC(O)CN(C)Cc1ccc(Cl)cc1. The largest absolute Gasteiger partial charge is 0.392 e. The van der Waals surface area contributed by atoms with Crippen LogP contribution in [0.3, 0.4) is 0 Å². The zero-order valence-electron chi connectivity index (χ0n) is 8.57. The van der Waals surface area contributed by atoms with E-state index in [9.17, 15) is 5.11 Å². The smallest absolute Gasteiger partial charge is 0.0639 e. The molecular weight excluding hydrogens is 198 g/mol. The van der Waals surface area contributed by atoms with Crippen LogP contribution >= 0.6 is 11.6 Å². The molecule has 0 radical (unpaired) electrons. The summed E-state index contributed by atoms with van der Waals surface area (Å²) in [5.41, 5.74) is 1.21. The fourth-order valence-corrected chi connectivity index (χ4v) is 1.54. The first kappa shape index (κ1) is 11.5. The summed E-state index contributed by atoms with van der Waals surface area (Å²) in [6.07, 6.45) is -0.285. The van der Waals surface area contributed by atoms with Crippen LogP contribution in [0.15, 0.2) is 24.3 Å². The van der Waals surface area contributed by atoms with E-state index < -0.39 is 0 Å². The molecule has 0 aliphatic carbocycles. The molecule has 1 aromatic rings. The molecule has 0 aliphatic rings. The average Bonchev–Trinajstić information content (AvgIpc) is 2.07. The van der Waals surface area contributed by atoms with Crippen LogP contribution in [0.1, 0.15) is 12.5 Å². The second-order valence-corrected chi connectivity index (χ2v) is 4.11. The van der Waals surface area contributed by atoms with Crippen molar-refractivity contribution >= 4 is 11.6 Å². The number of rotatable bonds is 4. The van der Waals surface area contributed by atoms with Gasteiger partial charge in [-0.15, -0.1) is 0 Å². The first-order valence-corrected chi connectivity index (χ1v) is 5.07. The summed E-state index contributed by atoms with van der Waals surface area (Å²) in [5.74, 6) is 0. The molecule has 0 aliphatic heterocycles. The fourth-order valence-electron chi connectivity index (χ4n) is 1.42. The van der Waals surface area contributed by atoms with Gasteiger partial charge < -0.3 is 5.11 Å². The standard InChI is InChI=1S/C11H16ClNO/c1-9(14)7-13(2)8-10-3-5-11(12)6-4-10/h3-6,9,14H,7-8H2,1-2H3. The lowest BCUT2D eigenvalue weighted by Crippen LogP contribution is -2.26. The van der Waals surface area contributed by atoms with Gasteiger partial charge in [-0.2, -0.15) is 0 Å². The second kappa shape index (κ2) is 5.35. The molecule has 0 aromatic heterocycles. The number of nitrogens with zero attached hydrogens (tertiary/aromatic N) is 1. The van der Waals surface area contributed by atoms with Crippen LogP contribution in [0.2, 0.25) is 5.02 Å².